The summed E-state index contributed by atoms with van der Waals surface area (Å²) in [4.78, 5) is 2.31. The molecule has 2 aromatic rings. The lowest BCUT2D eigenvalue weighted by Gasteiger charge is -2.30. The molecule has 0 spiro atoms. The van der Waals surface area contributed by atoms with E-state index < -0.39 is 0 Å². The monoisotopic (exact) mass is 305 g/mol. The molecule has 0 aromatic carbocycles. The first-order valence-electron chi connectivity index (χ1n) is 7.57. The zero-order chi connectivity index (χ0) is 15.6. The van der Waals surface area contributed by atoms with Gasteiger partial charge in [-0.05, 0) is 18.2 Å². The van der Waals surface area contributed by atoms with E-state index in [1.807, 2.05) is 23.9 Å². The zero-order valence-corrected chi connectivity index (χ0v) is 13.2. The van der Waals surface area contributed by atoms with E-state index in [1.54, 1.807) is 6.26 Å². The first kappa shape index (κ1) is 15.3. The highest BCUT2D eigenvalue weighted by atomic mass is 16.5. The van der Waals surface area contributed by atoms with Gasteiger partial charge in [-0.2, -0.15) is 5.10 Å². The second-order valence-corrected chi connectivity index (χ2v) is 6.35. The molecular formula is C16H23N3O3. The molecule has 1 saturated heterocycles. The Morgan fingerprint density at radius 1 is 1.45 bits per heavy atom. The van der Waals surface area contributed by atoms with E-state index >= 15 is 0 Å². The molecule has 0 radical (unpaired) electrons. The van der Waals surface area contributed by atoms with Crippen LogP contribution in [0.15, 0.2) is 28.9 Å². The summed E-state index contributed by atoms with van der Waals surface area (Å²) in [5, 5.41) is 14.1. The van der Waals surface area contributed by atoms with Crippen LogP contribution in [0.5, 0.6) is 0 Å². The topological polar surface area (TPSA) is 63.7 Å². The fourth-order valence-electron chi connectivity index (χ4n) is 2.84. The number of aliphatic hydroxyl groups is 1. The fourth-order valence-corrected chi connectivity index (χ4v) is 2.84. The Bertz CT molecular complexity index is 608. The van der Waals surface area contributed by atoms with Gasteiger partial charge in [0.15, 0.2) is 5.76 Å². The third-order valence-corrected chi connectivity index (χ3v) is 4.13. The highest BCUT2D eigenvalue weighted by Crippen LogP contribution is 2.24. The molecule has 1 aliphatic heterocycles. The Morgan fingerprint density at radius 3 is 3.05 bits per heavy atom. The van der Waals surface area contributed by atoms with Crippen molar-refractivity contribution < 1.29 is 14.3 Å². The van der Waals surface area contributed by atoms with E-state index in [2.05, 4.69) is 23.0 Å². The molecule has 0 saturated carbocycles. The van der Waals surface area contributed by atoms with E-state index in [0.717, 1.165) is 36.8 Å². The van der Waals surface area contributed by atoms with Crippen molar-refractivity contribution in [2.24, 2.45) is 12.5 Å². The Hall–Kier alpha value is -1.63. The van der Waals surface area contributed by atoms with E-state index in [4.69, 9.17) is 9.15 Å². The first-order chi connectivity index (χ1) is 10.6. The SMILES string of the molecule is Cn1nc(-c2ccco2)cc1CN1CCOCC(C)(CO)C1. The number of aryl methyl sites for hydroxylation is 1. The molecule has 1 fully saturated rings. The molecule has 1 aliphatic rings. The molecular weight excluding hydrogens is 282 g/mol. The predicted octanol–water partition coefficient (Wildman–Crippen LogP) is 1.51. The van der Waals surface area contributed by atoms with Gasteiger partial charge in [-0.25, -0.2) is 0 Å². The van der Waals surface area contributed by atoms with Crippen LogP contribution in [0.4, 0.5) is 0 Å². The van der Waals surface area contributed by atoms with E-state index in [1.165, 1.54) is 0 Å². The molecule has 2 aromatic heterocycles. The molecule has 22 heavy (non-hydrogen) atoms. The molecule has 0 bridgehead atoms. The molecule has 6 nitrogen and oxygen atoms in total. The van der Waals surface area contributed by atoms with Crippen LogP contribution < -0.4 is 0 Å². The largest absolute Gasteiger partial charge is 0.463 e. The Labute approximate surface area is 130 Å². The maximum Gasteiger partial charge on any atom is 0.154 e. The minimum absolute atomic E-state index is 0.131. The number of aliphatic hydroxyl groups excluding tert-OH is 1. The highest BCUT2D eigenvalue weighted by Gasteiger charge is 2.30. The van der Waals surface area contributed by atoms with Gasteiger partial charge in [0.1, 0.15) is 5.69 Å². The summed E-state index contributed by atoms with van der Waals surface area (Å²) in [6, 6.07) is 5.83. The standard InChI is InChI=1S/C16H23N3O3/c1-16(11-20)10-19(5-7-21-12-16)9-13-8-14(17-18(13)2)15-4-3-6-22-15/h3-4,6,8,20H,5,7,9-12H2,1-2H3. The average molecular weight is 305 g/mol. The third kappa shape index (κ3) is 3.24. The van der Waals surface area contributed by atoms with Crippen molar-refractivity contribution >= 4 is 0 Å². The molecule has 0 amide bonds. The molecule has 1 N–H and O–H groups in total. The smallest absolute Gasteiger partial charge is 0.154 e. The molecule has 120 valence electrons. The summed E-state index contributed by atoms with van der Waals surface area (Å²) >= 11 is 0. The second kappa shape index (κ2) is 6.24. The van der Waals surface area contributed by atoms with Crippen molar-refractivity contribution in [3.05, 3.63) is 30.2 Å². The number of ether oxygens (including phenoxy) is 1. The van der Waals surface area contributed by atoms with Gasteiger partial charge in [0.2, 0.25) is 0 Å². The van der Waals surface area contributed by atoms with Gasteiger partial charge in [-0.1, -0.05) is 6.92 Å². The lowest BCUT2D eigenvalue weighted by molar-refractivity contribution is 0.0345. The molecule has 6 heteroatoms. The van der Waals surface area contributed by atoms with Gasteiger partial charge in [0.05, 0.1) is 31.8 Å². The number of aromatic nitrogens is 2. The van der Waals surface area contributed by atoms with Gasteiger partial charge in [0.25, 0.3) is 0 Å². The minimum atomic E-state index is -0.209. The number of hydrogen-bond donors (Lipinski definition) is 1. The van der Waals surface area contributed by atoms with Gasteiger partial charge in [-0.3, -0.25) is 9.58 Å². The summed E-state index contributed by atoms with van der Waals surface area (Å²) in [6.07, 6.45) is 1.66. The van der Waals surface area contributed by atoms with E-state index in [-0.39, 0.29) is 12.0 Å². The Morgan fingerprint density at radius 2 is 2.32 bits per heavy atom. The van der Waals surface area contributed by atoms with Gasteiger partial charge in [0, 0.05) is 32.1 Å². The van der Waals surface area contributed by atoms with Crippen LogP contribution in [0.1, 0.15) is 12.6 Å². The van der Waals surface area contributed by atoms with Crippen LogP contribution in [-0.2, 0) is 18.3 Å². The number of nitrogens with zero attached hydrogens (tertiary/aromatic N) is 3. The zero-order valence-electron chi connectivity index (χ0n) is 13.2. The van der Waals surface area contributed by atoms with Crippen molar-refractivity contribution in [1.29, 1.82) is 0 Å². The normalized spacial score (nSPS) is 23.6. The number of hydrogen-bond acceptors (Lipinski definition) is 5. The van der Waals surface area contributed by atoms with Crippen LogP contribution >= 0.6 is 0 Å². The Kier molecular flexibility index (Phi) is 4.33. The second-order valence-electron chi connectivity index (χ2n) is 6.35. The van der Waals surface area contributed by atoms with Gasteiger partial charge >= 0.3 is 0 Å². The van der Waals surface area contributed by atoms with E-state index in [0.29, 0.717) is 13.2 Å². The maximum atomic E-state index is 9.61. The molecule has 3 heterocycles. The summed E-state index contributed by atoms with van der Waals surface area (Å²) in [6.45, 7) is 5.93. The van der Waals surface area contributed by atoms with Crippen LogP contribution in [0, 0.1) is 5.41 Å². The maximum absolute atomic E-state index is 9.61. The number of furan rings is 1. The fraction of sp³-hybridized carbons (Fsp3) is 0.562. The molecule has 0 aliphatic carbocycles. The lowest BCUT2D eigenvalue weighted by Crippen LogP contribution is -2.38. The molecule has 1 atom stereocenters. The number of rotatable bonds is 4. The third-order valence-electron chi connectivity index (χ3n) is 4.13. The quantitative estimate of drug-likeness (QED) is 0.927. The summed E-state index contributed by atoms with van der Waals surface area (Å²) < 4.78 is 12.9. The summed E-state index contributed by atoms with van der Waals surface area (Å²) in [7, 11) is 1.95. The molecule has 1 unspecified atom stereocenters. The first-order valence-corrected chi connectivity index (χ1v) is 7.57. The van der Waals surface area contributed by atoms with Crippen molar-refractivity contribution in [3.8, 4) is 11.5 Å². The van der Waals surface area contributed by atoms with Crippen molar-refractivity contribution in [1.82, 2.24) is 14.7 Å². The summed E-state index contributed by atoms with van der Waals surface area (Å²) in [5.74, 6) is 0.779. The minimum Gasteiger partial charge on any atom is -0.463 e. The van der Waals surface area contributed by atoms with Gasteiger partial charge < -0.3 is 14.3 Å². The van der Waals surface area contributed by atoms with Crippen molar-refractivity contribution in [2.75, 3.05) is 32.9 Å². The van der Waals surface area contributed by atoms with Crippen LogP contribution in [-0.4, -0.2) is 52.7 Å². The average Bonchev–Trinajstić information content (AvgIpc) is 3.10. The summed E-state index contributed by atoms with van der Waals surface area (Å²) in [5.41, 5.74) is 1.76. The van der Waals surface area contributed by atoms with Crippen molar-refractivity contribution in [2.45, 2.75) is 13.5 Å². The van der Waals surface area contributed by atoms with Crippen molar-refractivity contribution in [3.63, 3.8) is 0 Å². The van der Waals surface area contributed by atoms with E-state index in [9.17, 15) is 5.11 Å². The van der Waals surface area contributed by atoms with Crippen LogP contribution in [0.3, 0.4) is 0 Å². The Balaban J connectivity index is 1.75. The van der Waals surface area contributed by atoms with Crippen LogP contribution in [0.25, 0.3) is 11.5 Å². The van der Waals surface area contributed by atoms with Crippen LogP contribution in [0.2, 0.25) is 0 Å². The lowest BCUT2D eigenvalue weighted by atomic mass is 9.92. The molecule has 3 rings (SSSR count). The predicted molar refractivity (Wildman–Crippen MR) is 82.2 cm³/mol. The van der Waals surface area contributed by atoms with Gasteiger partial charge in [-0.15, -0.1) is 0 Å². The highest BCUT2D eigenvalue weighted by molar-refractivity contribution is 5.52.